The van der Waals surface area contributed by atoms with Gasteiger partial charge in [0.2, 0.25) is 0 Å². The van der Waals surface area contributed by atoms with E-state index >= 15 is 0 Å². The SMILES string of the molecule is Cc1ccc(F)c(C(=O)N[C@@H](Cc2ccc(OCCc3ccc4c(n3)NCCO4)cc2)C(=O)O)c1Cl. The molecular weight excluding hydrogens is 489 g/mol. The molecular formula is C26H25ClFN3O5. The van der Waals surface area contributed by atoms with E-state index in [1.54, 1.807) is 31.2 Å². The van der Waals surface area contributed by atoms with E-state index in [1.165, 1.54) is 6.07 Å². The van der Waals surface area contributed by atoms with E-state index in [0.29, 0.717) is 36.5 Å². The number of nitrogens with one attached hydrogen (secondary N) is 2. The van der Waals surface area contributed by atoms with Crippen LogP contribution in [0.25, 0.3) is 0 Å². The molecule has 3 aromatic rings. The highest BCUT2D eigenvalue weighted by molar-refractivity contribution is 6.34. The van der Waals surface area contributed by atoms with Crippen LogP contribution in [0.5, 0.6) is 11.5 Å². The number of carbonyl (C=O) groups is 2. The number of aliphatic carboxylic acids is 1. The second kappa shape index (κ2) is 11.3. The van der Waals surface area contributed by atoms with E-state index in [4.69, 9.17) is 21.1 Å². The van der Waals surface area contributed by atoms with Crippen molar-refractivity contribution in [1.82, 2.24) is 10.3 Å². The van der Waals surface area contributed by atoms with E-state index < -0.39 is 23.7 Å². The largest absolute Gasteiger partial charge is 0.493 e. The summed E-state index contributed by atoms with van der Waals surface area (Å²) in [6, 6.07) is 12.0. The summed E-state index contributed by atoms with van der Waals surface area (Å²) in [7, 11) is 0. The summed E-state index contributed by atoms with van der Waals surface area (Å²) in [6.45, 7) is 3.37. The van der Waals surface area contributed by atoms with Gasteiger partial charge in [0.1, 0.15) is 24.2 Å². The molecule has 36 heavy (non-hydrogen) atoms. The zero-order chi connectivity index (χ0) is 25.7. The lowest BCUT2D eigenvalue weighted by Crippen LogP contribution is -2.42. The van der Waals surface area contributed by atoms with Gasteiger partial charge in [0, 0.05) is 18.5 Å². The molecule has 1 aliphatic heterocycles. The fraction of sp³-hybridized carbons (Fsp3) is 0.269. The number of amides is 1. The van der Waals surface area contributed by atoms with Gasteiger partial charge in [-0.1, -0.05) is 29.8 Å². The topological polar surface area (TPSA) is 110 Å². The van der Waals surface area contributed by atoms with Crippen molar-refractivity contribution in [3.8, 4) is 11.5 Å². The summed E-state index contributed by atoms with van der Waals surface area (Å²) in [5.74, 6) is -0.858. The van der Waals surface area contributed by atoms with Gasteiger partial charge in [0.15, 0.2) is 11.6 Å². The van der Waals surface area contributed by atoms with Crippen LogP contribution in [0.1, 0.15) is 27.2 Å². The van der Waals surface area contributed by atoms with Gasteiger partial charge in [0.05, 0.1) is 23.7 Å². The molecule has 0 radical (unpaired) electrons. The van der Waals surface area contributed by atoms with Crippen molar-refractivity contribution in [3.63, 3.8) is 0 Å². The van der Waals surface area contributed by atoms with Gasteiger partial charge in [-0.25, -0.2) is 14.2 Å². The summed E-state index contributed by atoms with van der Waals surface area (Å²) in [5, 5.41) is 15.1. The van der Waals surface area contributed by atoms with Crippen LogP contribution < -0.4 is 20.1 Å². The third-order valence-corrected chi connectivity index (χ3v) is 6.16. The summed E-state index contributed by atoms with van der Waals surface area (Å²) < 4.78 is 25.5. The van der Waals surface area contributed by atoms with Crippen LogP contribution in [0, 0.1) is 12.7 Å². The highest BCUT2D eigenvalue weighted by atomic mass is 35.5. The number of hydrogen-bond donors (Lipinski definition) is 3. The van der Waals surface area contributed by atoms with Gasteiger partial charge in [-0.2, -0.15) is 0 Å². The molecule has 1 aliphatic rings. The molecule has 1 atom stereocenters. The molecule has 0 saturated heterocycles. The molecule has 2 heterocycles. The Balaban J connectivity index is 1.33. The minimum Gasteiger partial charge on any atom is -0.493 e. The maximum Gasteiger partial charge on any atom is 0.326 e. The van der Waals surface area contributed by atoms with Gasteiger partial charge in [-0.05, 0) is 48.4 Å². The highest BCUT2D eigenvalue weighted by Crippen LogP contribution is 2.25. The molecule has 8 nitrogen and oxygen atoms in total. The number of aromatic nitrogens is 1. The molecule has 2 aromatic carbocycles. The molecule has 0 unspecified atom stereocenters. The number of nitrogens with zero attached hydrogens (tertiary/aromatic N) is 1. The Hall–Kier alpha value is -3.85. The molecule has 10 heteroatoms. The Morgan fingerprint density at radius 1 is 1.22 bits per heavy atom. The molecule has 0 bridgehead atoms. The van der Waals surface area contributed by atoms with Crippen molar-refractivity contribution in [3.05, 3.63) is 81.8 Å². The Morgan fingerprint density at radius 3 is 2.75 bits per heavy atom. The average Bonchev–Trinajstić information content (AvgIpc) is 2.87. The molecule has 1 amide bonds. The zero-order valence-electron chi connectivity index (χ0n) is 19.5. The maximum absolute atomic E-state index is 14.2. The normalized spacial score (nSPS) is 13.1. The molecule has 3 N–H and O–H groups in total. The van der Waals surface area contributed by atoms with Crippen LogP contribution in [-0.2, 0) is 17.6 Å². The van der Waals surface area contributed by atoms with E-state index in [1.807, 2.05) is 12.1 Å². The van der Waals surface area contributed by atoms with Crippen LogP contribution >= 0.6 is 11.6 Å². The molecule has 4 rings (SSSR count). The summed E-state index contributed by atoms with van der Waals surface area (Å²) in [4.78, 5) is 28.9. The molecule has 188 valence electrons. The Bertz CT molecular complexity index is 1270. The Kier molecular flexibility index (Phi) is 7.90. The number of halogens is 2. The maximum atomic E-state index is 14.2. The van der Waals surface area contributed by atoms with Gasteiger partial charge < -0.3 is 25.2 Å². The number of carboxylic acids is 1. The number of fused-ring (bicyclic) bond motifs is 1. The smallest absolute Gasteiger partial charge is 0.326 e. The van der Waals surface area contributed by atoms with Gasteiger partial charge in [-0.3, -0.25) is 4.79 Å². The van der Waals surface area contributed by atoms with Crippen LogP contribution in [0.2, 0.25) is 5.02 Å². The third kappa shape index (κ3) is 6.04. The molecule has 0 saturated carbocycles. The van der Waals surface area contributed by atoms with E-state index in [-0.39, 0.29) is 17.0 Å². The number of hydrogen-bond acceptors (Lipinski definition) is 6. The zero-order valence-corrected chi connectivity index (χ0v) is 20.3. The number of aryl methyl sites for hydroxylation is 1. The molecule has 0 spiro atoms. The Labute approximate surface area is 212 Å². The predicted molar refractivity (Wildman–Crippen MR) is 133 cm³/mol. The van der Waals surface area contributed by atoms with Crippen LogP contribution in [0.3, 0.4) is 0 Å². The summed E-state index contributed by atoms with van der Waals surface area (Å²) in [6.07, 6.45) is 0.600. The van der Waals surface area contributed by atoms with Crippen molar-refractivity contribution in [2.45, 2.75) is 25.8 Å². The summed E-state index contributed by atoms with van der Waals surface area (Å²) in [5.41, 5.74) is 1.67. The number of anilines is 1. The van der Waals surface area contributed by atoms with Crippen LogP contribution in [0.15, 0.2) is 48.5 Å². The predicted octanol–water partition coefficient (Wildman–Crippen LogP) is 4.03. The molecule has 0 aliphatic carbocycles. The number of rotatable bonds is 9. The fourth-order valence-corrected chi connectivity index (χ4v) is 3.96. The number of benzene rings is 2. The third-order valence-electron chi connectivity index (χ3n) is 5.67. The average molecular weight is 514 g/mol. The standard InChI is InChI=1S/C26H25ClFN3O5/c1-15-2-8-19(28)22(23(15)27)25(32)31-20(26(33)34)14-16-3-6-18(7-4-16)35-12-10-17-5-9-21-24(30-17)29-11-13-36-21/h2-9,20H,10-14H2,1H3,(H,29,30)(H,31,32)(H,33,34)/t20-/m0/s1. The first kappa shape index (κ1) is 25.2. The first-order valence-electron chi connectivity index (χ1n) is 11.4. The lowest BCUT2D eigenvalue weighted by atomic mass is 10.0. The van der Waals surface area contributed by atoms with E-state index in [2.05, 4.69) is 15.6 Å². The monoisotopic (exact) mass is 513 g/mol. The second-order valence-corrected chi connectivity index (χ2v) is 8.67. The first-order chi connectivity index (χ1) is 17.3. The second-order valence-electron chi connectivity index (χ2n) is 8.29. The fourth-order valence-electron chi connectivity index (χ4n) is 3.73. The van der Waals surface area contributed by atoms with E-state index in [9.17, 15) is 19.1 Å². The van der Waals surface area contributed by atoms with Gasteiger partial charge >= 0.3 is 5.97 Å². The van der Waals surface area contributed by atoms with Crippen LogP contribution in [-0.4, -0.2) is 47.8 Å². The van der Waals surface area contributed by atoms with Gasteiger partial charge in [-0.15, -0.1) is 0 Å². The number of pyridine rings is 1. The summed E-state index contributed by atoms with van der Waals surface area (Å²) >= 11 is 6.07. The lowest BCUT2D eigenvalue weighted by Gasteiger charge is -2.18. The van der Waals surface area contributed by atoms with Gasteiger partial charge in [0.25, 0.3) is 5.91 Å². The Morgan fingerprint density at radius 2 is 2.00 bits per heavy atom. The van der Waals surface area contributed by atoms with Crippen LogP contribution in [0.4, 0.5) is 10.2 Å². The van der Waals surface area contributed by atoms with Crippen molar-refractivity contribution < 1.29 is 28.6 Å². The van der Waals surface area contributed by atoms with Crippen molar-refractivity contribution >= 4 is 29.3 Å². The minimum atomic E-state index is -1.27. The lowest BCUT2D eigenvalue weighted by molar-refractivity contribution is -0.139. The first-order valence-corrected chi connectivity index (χ1v) is 11.8. The van der Waals surface area contributed by atoms with Crippen molar-refractivity contribution in [1.29, 1.82) is 0 Å². The number of carboxylic acid groups (broad SMARTS) is 1. The highest BCUT2D eigenvalue weighted by Gasteiger charge is 2.25. The quantitative estimate of drug-likeness (QED) is 0.396. The number of carbonyl (C=O) groups excluding carboxylic acids is 1. The minimum absolute atomic E-state index is 0.000520. The molecule has 1 aromatic heterocycles. The van der Waals surface area contributed by atoms with E-state index in [0.717, 1.165) is 29.9 Å². The van der Waals surface area contributed by atoms with Crippen molar-refractivity contribution in [2.75, 3.05) is 25.1 Å². The van der Waals surface area contributed by atoms with Crippen molar-refractivity contribution in [2.24, 2.45) is 0 Å². The number of ether oxygens (including phenoxy) is 2. The molecule has 0 fully saturated rings.